The molecule has 1 aromatic carbocycles. The van der Waals surface area contributed by atoms with Crippen LogP contribution in [0.25, 0.3) is 0 Å². The summed E-state index contributed by atoms with van der Waals surface area (Å²) in [5.41, 5.74) is 7.27. The Labute approximate surface area is 94.8 Å². The predicted molar refractivity (Wildman–Crippen MR) is 62.3 cm³/mol. The molecule has 1 aromatic rings. The van der Waals surface area contributed by atoms with Crippen molar-refractivity contribution in [2.45, 2.75) is 25.8 Å². The molecule has 0 radical (unpaired) electrons. The van der Waals surface area contributed by atoms with Gasteiger partial charge in [0.2, 0.25) is 0 Å². The highest BCUT2D eigenvalue weighted by Crippen LogP contribution is 2.20. The minimum Gasteiger partial charge on any atom is -0.484 e. The first-order valence-electron chi connectivity index (χ1n) is 5.43. The van der Waals surface area contributed by atoms with Crippen molar-refractivity contribution in [3.63, 3.8) is 0 Å². The third kappa shape index (κ3) is 2.89. The number of carbonyl (C=O) groups is 1. The second kappa shape index (κ2) is 4.43. The van der Waals surface area contributed by atoms with Crippen LogP contribution in [-0.2, 0) is 4.79 Å². The van der Waals surface area contributed by atoms with Gasteiger partial charge in [-0.2, -0.15) is 0 Å². The van der Waals surface area contributed by atoms with E-state index in [4.69, 9.17) is 10.5 Å². The molecule has 0 aliphatic heterocycles. The van der Waals surface area contributed by atoms with Crippen LogP contribution in [0.5, 0.6) is 5.75 Å². The van der Waals surface area contributed by atoms with Crippen LogP contribution in [0.15, 0.2) is 18.2 Å². The van der Waals surface area contributed by atoms with Gasteiger partial charge in [-0.05, 0) is 43.5 Å². The van der Waals surface area contributed by atoms with Crippen molar-refractivity contribution in [2.75, 3.05) is 12.3 Å². The van der Waals surface area contributed by atoms with E-state index in [1.54, 1.807) is 12.1 Å². The molecule has 16 heavy (non-hydrogen) atoms. The number of aryl methyl sites for hydroxylation is 1. The Hall–Kier alpha value is -1.71. The summed E-state index contributed by atoms with van der Waals surface area (Å²) in [5.74, 6) is 0.652. The van der Waals surface area contributed by atoms with Crippen LogP contribution in [0.4, 0.5) is 5.69 Å². The molecule has 0 heterocycles. The molecule has 0 bridgehead atoms. The summed E-state index contributed by atoms with van der Waals surface area (Å²) in [6.07, 6.45) is 2.18. The van der Waals surface area contributed by atoms with Crippen molar-refractivity contribution in [1.82, 2.24) is 5.32 Å². The molecule has 0 unspecified atom stereocenters. The quantitative estimate of drug-likeness (QED) is 0.750. The van der Waals surface area contributed by atoms with E-state index < -0.39 is 0 Å². The summed E-state index contributed by atoms with van der Waals surface area (Å²) in [6.45, 7) is 1.98. The largest absolute Gasteiger partial charge is 0.484 e. The fourth-order valence-corrected chi connectivity index (χ4v) is 1.47. The Morgan fingerprint density at radius 2 is 2.31 bits per heavy atom. The molecule has 0 spiro atoms. The molecule has 4 heteroatoms. The number of anilines is 1. The van der Waals surface area contributed by atoms with Gasteiger partial charge in [-0.1, -0.05) is 0 Å². The Balaban J connectivity index is 1.85. The van der Waals surface area contributed by atoms with Gasteiger partial charge >= 0.3 is 0 Å². The van der Waals surface area contributed by atoms with E-state index in [0.29, 0.717) is 17.5 Å². The lowest BCUT2D eigenvalue weighted by Crippen LogP contribution is -2.30. The zero-order chi connectivity index (χ0) is 11.5. The van der Waals surface area contributed by atoms with Crippen LogP contribution >= 0.6 is 0 Å². The first kappa shape index (κ1) is 10.8. The van der Waals surface area contributed by atoms with Crippen LogP contribution in [0.2, 0.25) is 0 Å². The first-order valence-corrected chi connectivity index (χ1v) is 5.43. The van der Waals surface area contributed by atoms with E-state index in [9.17, 15) is 4.79 Å². The Morgan fingerprint density at radius 3 is 2.94 bits per heavy atom. The van der Waals surface area contributed by atoms with E-state index in [-0.39, 0.29) is 12.5 Å². The average molecular weight is 220 g/mol. The van der Waals surface area contributed by atoms with Crippen molar-refractivity contribution in [1.29, 1.82) is 0 Å². The zero-order valence-corrected chi connectivity index (χ0v) is 9.32. The van der Waals surface area contributed by atoms with E-state index in [1.807, 2.05) is 13.0 Å². The maximum absolute atomic E-state index is 11.4. The minimum atomic E-state index is -0.0567. The summed E-state index contributed by atoms with van der Waals surface area (Å²) >= 11 is 0. The number of hydrogen-bond donors (Lipinski definition) is 2. The number of nitrogens with two attached hydrogens (primary N) is 1. The predicted octanol–water partition coefficient (Wildman–Crippen LogP) is 1.23. The molecular formula is C12H16N2O2. The van der Waals surface area contributed by atoms with Gasteiger partial charge in [-0.25, -0.2) is 0 Å². The molecule has 2 rings (SSSR count). The molecule has 0 aromatic heterocycles. The van der Waals surface area contributed by atoms with Crippen molar-refractivity contribution in [2.24, 2.45) is 0 Å². The highest BCUT2D eigenvalue weighted by atomic mass is 16.5. The SMILES string of the molecule is Cc1cc(N)ccc1OCC(=O)NC1CC1. The maximum atomic E-state index is 11.4. The van der Waals surface area contributed by atoms with Gasteiger partial charge in [-0.3, -0.25) is 4.79 Å². The summed E-state index contributed by atoms with van der Waals surface area (Å²) in [4.78, 5) is 11.4. The normalized spacial score (nSPS) is 14.6. The Bertz CT molecular complexity index is 400. The summed E-state index contributed by atoms with van der Waals surface area (Å²) in [5, 5.41) is 2.87. The van der Waals surface area contributed by atoms with E-state index in [1.165, 1.54) is 0 Å². The van der Waals surface area contributed by atoms with Crippen molar-refractivity contribution >= 4 is 11.6 Å². The van der Waals surface area contributed by atoms with Gasteiger partial charge < -0.3 is 15.8 Å². The lowest BCUT2D eigenvalue weighted by Gasteiger charge is -2.09. The molecule has 1 fully saturated rings. The molecule has 1 saturated carbocycles. The van der Waals surface area contributed by atoms with E-state index >= 15 is 0 Å². The third-order valence-electron chi connectivity index (χ3n) is 2.50. The average Bonchev–Trinajstić information content (AvgIpc) is 3.00. The molecule has 1 aliphatic carbocycles. The fraction of sp³-hybridized carbons (Fsp3) is 0.417. The van der Waals surface area contributed by atoms with Gasteiger partial charge in [0.15, 0.2) is 6.61 Å². The topological polar surface area (TPSA) is 64.3 Å². The first-order chi connectivity index (χ1) is 7.65. The summed E-state index contributed by atoms with van der Waals surface area (Å²) < 4.78 is 5.41. The number of carbonyl (C=O) groups excluding carboxylic acids is 1. The molecular weight excluding hydrogens is 204 g/mol. The smallest absolute Gasteiger partial charge is 0.258 e. The third-order valence-corrected chi connectivity index (χ3v) is 2.50. The van der Waals surface area contributed by atoms with Gasteiger partial charge in [0, 0.05) is 11.7 Å². The van der Waals surface area contributed by atoms with Crippen LogP contribution < -0.4 is 15.8 Å². The molecule has 1 amide bonds. The fourth-order valence-electron chi connectivity index (χ4n) is 1.47. The van der Waals surface area contributed by atoms with Crippen LogP contribution in [0.1, 0.15) is 18.4 Å². The molecule has 0 atom stereocenters. The summed E-state index contributed by atoms with van der Waals surface area (Å²) in [6, 6.07) is 5.76. The number of nitrogens with one attached hydrogen (secondary N) is 1. The van der Waals surface area contributed by atoms with Crippen molar-refractivity contribution in [3.8, 4) is 5.75 Å². The minimum absolute atomic E-state index is 0.0567. The lowest BCUT2D eigenvalue weighted by molar-refractivity contribution is -0.123. The lowest BCUT2D eigenvalue weighted by atomic mass is 10.2. The van der Waals surface area contributed by atoms with Gasteiger partial charge in [0.25, 0.3) is 5.91 Å². The highest BCUT2D eigenvalue weighted by Gasteiger charge is 2.23. The zero-order valence-electron chi connectivity index (χ0n) is 9.32. The Kier molecular flexibility index (Phi) is 2.99. The monoisotopic (exact) mass is 220 g/mol. The maximum Gasteiger partial charge on any atom is 0.258 e. The van der Waals surface area contributed by atoms with Crippen LogP contribution in [0, 0.1) is 6.92 Å². The van der Waals surface area contributed by atoms with E-state index in [0.717, 1.165) is 18.4 Å². The number of ether oxygens (including phenoxy) is 1. The van der Waals surface area contributed by atoms with Crippen molar-refractivity contribution in [3.05, 3.63) is 23.8 Å². The van der Waals surface area contributed by atoms with Gasteiger partial charge in [-0.15, -0.1) is 0 Å². The van der Waals surface area contributed by atoms with Crippen LogP contribution in [0.3, 0.4) is 0 Å². The van der Waals surface area contributed by atoms with Gasteiger partial charge in [0.1, 0.15) is 5.75 Å². The number of nitrogen functional groups attached to an aromatic ring is 1. The number of rotatable bonds is 4. The van der Waals surface area contributed by atoms with Crippen LogP contribution in [-0.4, -0.2) is 18.6 Å². The molecule has 3 N–H and O–H groups in total. The summed E-state index contributed by atoms with van der Waals surface area (Å²) in [7, 11) is 0. The molecule has 4 nitrogen and oxygen atoms in total. The molecule has 86 valence electrons. The standard InChI is InChI=1S/C12H16N2O2/c1-8-6-9(13)2-5-11(8)16-7-12(15)14-10-3-4-10/h2,5-6,10H,3-4,7,13H2,1H3,(H,14,15). The van der Waals surface area contributed by atoms with Gasteiger partial charge in [0.05, 0.1) is 0 Å². The van der Waals surface area contributed by atoms with E-state index in [2.05, 4.69) is 5.32 Å². The highest BCUT2D eigenvalue weighted by molar-refractivity contribution is 5.78. The molecule has 0 saturated heterocycles. The Morgan fingerprint density at radius 1 is 1.56 bits per heavy atom. The number of hydrogen-bond acceptors (Lipinski definition) is 3. The second-order valence-corrected chi connectivity index (χ2v) is 4.16. The molecule has 1 aliphatic rings. The number of benzene rings is 1. The van der Waals surface area contributed by atoms with Crippen molar-refractivity contribution < 1.29 is 9.53 Å². The second-order valence-electron chi connectivity index (χ2n) is 4.16. The number of amides is 1.